The third kappa shape index (κ3) is 3.34. The lowest BCUT2D eigenvalue weighted by molar-refractivity contribution is 1.17. The summed E-state index contributed by atoms with van der Waals surface area (Å²) in [6.45, 7) is 0. The van der Waals surface area contributed by atoms with E-state index in [0.29, 0.717) is 11.6 Å². The number of pyridine rings is 1. The smallest absolute Gasteiger partial charge is 0.163 e. The van der Waals surface area contributed by atoms with Crippen molar-refractivity contribution in [2.75, 3.05) is 5.73 Å². The molecule has 2 N–H and O–H groups in total. The Bertz CT molecular complexity index is 408. The minimum Gasteiger partial charge on any atom is -0.384 e. The van der Waals surface area contributed by atoms with Gasteiger partial charge in [-0.05, 0) is 18.2 Å². The Kier molecular flexibility index (Phi) is 5.59. The van der Waals surface area contributed by atoms with Gasteiger partial charge in [0, 0.05) is 24.2 Å². The molecule has 0 saturated heterocycles. The maximum absolute atomic E-state index is 5.52. The number of nitrogens with two attached hydrogens (primary N) is 1. The fourth-order valence-electron chi connectivity index (χ4n) is 1.01. The number of rotatable bonds is 1. The van der Waals surface area contributed by atoms with Crippen molar-refractivity contribution < 1.29 is 0 Å². The molecule has 2 aromatic heterocycles. The van der Waals surface area contributed by atoms with Crippen LogP contribution >= 0.6 is 24.8 Å². The van der Waals surface area contributed by atoms with Crippen molar-refractivity contribution in [2.24, 2.45) is 0 Å². The van der Waals surface area contributed by atoms with Crippen LogP contribution in [0.1, 0.15) is 0 Å². The van der Waals surface area contributed by atoms with Gasteiger partial charge in [-0.2, -0.15) is 0 Å². The molecular weight excluding hydrogens is 235 g/mol. The fourth-order valence-corrected chi connectivity index (χ4v) is 1.01. The summed E-state index contributed by atoms with van der Waals surface area (Å²) in [5.41, 5.74) is 6.39. The summed E-state index contributed by atoms with van der Waals surface area (Å²) in [4.78, 5) is 12.1. The second-order valence-corrected chi connectivity index (χ2v) is 2.55. The fraction of sp³-hybridized carbons (Fsp3) is 0. The van der Waals surface area contributed by atoms with E-state index in [4.69, 9.17) is 5.73 Å². The first-order valence-corrected chi connectivity index (χ1v) is 3.85. The standard InChI is InChI=1S/C9H8N4.2ClH/c10-8-3-5-12-9(13-8)7-2-1-4-11-6-7;;/h1-6H,(H2,10,12,13);2*1H. The predicted octanol–water partition coefficient (Wildman–Crippen LogP) is 1.96. The summed E-state index contributed by atoms with van der Waals surface area (Å²) >= 11 is 0. The second-order valence-electron chi connectivity index (χ2n) is 2.55. The lowest BCUT2D eigenvalue weighted by atomic mass is 10.3. The van der Waals surface area contributed by atoms with E-state index in [-0.39, 0.29) is 24.8 Å². The molecule has 0 radical (unpaired) electrons. The van der Waals surface area contributed by atoms with E-state index in [1.807, 2.05) is 12.1 Å². The summed E-state index contributed by atoms with van der Waals surface area (Å²) in [6, 6.07) is 5.38. The van der Waals surface area contributed by atoms with Gasteiger partial charge in [-0.15, -0.1) is 24.8 Å². The van der Waals surface area contributed by atoms with Crippen molar-refractivity contribution in [3.8, 4) is 11.4 Å². The highest BCUT2D eigenvalue weighted by molar-refractivity contribution is 5.85. The molecule has 0 aliphatic rings. The van der Waals surface area contributed by atoms with Crippen LogP contribution in [0.2, 0.25) is 0 Å². The number of anilines is 1. The summed E-state index contributed by atoms with van der Waals surface area (Å²) in [5.74, 6) is 1.07. The zero-order chi connectivity index (χ0) is 9.10. The van der Waals surface area contributed by atoms with Gasteiger partial charge in [0.05, 0.1) is 0 Å². The second kappa shape index (κ2) is 6.16. The number of hydrogen-bond donors (Lipinski definition) is 1. The largest absolute Gasteiger partial charge is 0.384 e. The van der Waals surface area contributed by atoms with E-state index >= 15 is 0 Å². The number of nitrogen functional groups attached to an aromatic ring is 1. The van der Waals surface area contributed by atoms with Crippen molar-refractivity contribution in [1.29, 1.82) is 0 Å². The SMILES string of the molecule is Cl.Cl.Nc1ccnc(-c2cccnc2)n1. The summed E-state index contributed by atoms with van der Waals surface area (Å²) in [7, 11) is 0. The minimum atomic E-state index is 0. The molecule has 15 heavy (non-hydrogen) atoms. The third-order valence-corrected chi connectivity index (χ3v) is 1.60. The maximum Gasteiger partial charge on any atom is 0.163 e. The van der Waals surface area contributed by atoms with Gasteiger partial charge in [0.2, 0.25) is 0 Å². The Hall–Kier alpha value is -1.39. The molecule has 2 rings (SSSR count). The summed E-state index contributed by atoms with van der Waals surface area (Å²) in [5, 5.41) is 0. The molecule has 0 amide bonds. The molecule has 0 spiro atoms. The van der Waals surface area contributed by atoms with Crippen LogP contribution in [0.3, 0.4) is 0 Å². The van der Waals surface area contributed by atoms with Gasteiger partial charge in [-0.1, -0.05) is 0 Å². The molecule has 0 unspecified atom stereocenters. The van der Waals surface area contributed by atoms with E-state index in [2.05, 4.69) is 15.0 Å². The Morgan fingerprint density at radius 2 is 1.87 bits per heavy atom. The first-order chi connectivity index (χ1) is 6.36. The van der Waals surface area contributed by atoms with Gasteiger partial charge in [-0.25, -0.2) is 9.97 Å². The quantitative estimate of drug-likeness (QED) is 0.834. The van der Waals surface area contributed by atoms with Gasteiger partial charge < -0.3 is 5.73 Å². The summed E-state index contributed by atoms with van der Waals surface area (Å²) < 4.78 is 0. The predicted molar refractivity (Wildman–Crippen MR) is 64.2 cm³/mol. The molecule has 2 heterocycles. The molecule has 0 aromatic carbocycles. The van der Waals surface area contributed by atoms with Crippen LogP contribution in [0.25, 0.3) is 11.4 Å². The molecule has 6 heteroatoms. The van der Waals surface area contributed by atoms with E-state index in [1.165, 1.54) is 0 Å². The van der Waals surface area contributed by atoms with Crippen LogP contribution in [-0.2, 0) is 0 Å². The van der Waals surface area contributed by atoms with Crippen molar-refractivity contribution in [3.05, 3.63) is 36.8 Å². The highest BCUT2D eigenvalue weighted by atomic mass is 35.5. The van der Waals surface area contributed by atoms with Crippen molar-refractivity contribution in [1.82, 2.24) is 15.0 Å². The van der Waals surface area contributed by atoms with Crippen LogP contribution in [-0.4, -0.2) is 15.0 Å². The molecular formula is C9H10Cl2N4. The van der Waals surface area contributed by atoms with Crippen molar-refractivity contribution in [2.45, 2.75) is 0 Å². The Labute approximate surface area is 99.8 Å². The van der Waals surface area contributed by atoms with E-state index in [9.17, 15) is 0 Å². The highest BCUT2D eigenvalue weighted by Crippen LogP contribution is 2.12. The van der Waals surface area contributed by atoms with Gasteiger partial charge in [0.25, 0.3) is 0 Å². The average molecular weight is 245 g/mol. The van der Waals surface area contributed by atoms with Gasteiger partial charge in [0.1, 0.15) is 5.82 Å². The van der Waals surface area contributed by atoms with E-state index in [0.717, 1.165) is 5.56 Å². The molecule has 80 valence electrons. The molecule has 0 aliphatic carbocycles. The topological polar surface area (TPSA) is 64.7 Å². The number of hydrogen-bond acceptors (Lipinski definition) is 4. The van der Waals surface area contributed by atoms with Crippen LogP contribution in [0.5, 0.6) is 0 Å². The molecule has 0 fully saturated rings. The summed E-state index contributed by atoms with van der Waals surface area (Å²) in [6.07, 6.45) is 5.04. The first kappa shape index (κ1) is 13.6. The minimum absolute atomic E-state index is 0. The molecule has 0 atom stereocenters. The van der Waals surface area contributed by atoms with E-state index < -0.39 is 0 Å². The first-order valence-electron chi connectivity index (χ1n) is 3.85. The van der Waals surface area contributed by atoms with Crippen LogP contribution in [0, 0.1) is 0 Å². The monoisotopic (exact) mass is 244 g/mol. The lowest BCUT2D eigenvalue weighted by Crippen LogP contribution is -1.94. The average Bonchev–Trinajstić information content (AvgIpc) is 2.19. The number of aromatic nitrogens is 3. The zero-order valence-corrected chi connectivity index (χ0v) is 9.33. The molecule has 0 saturated carbocycles. The molecule has 0 aliphatic heterocycles. The lowest BCUT2D eigenvalue weighted by Gasteiger charge is -1.98. The van der Waals surface area contributed by atoms with Crippen LogP contribution < -0.4 is 5.73 Å². The zero-order valence-electron chi connectivity index (χ0n) is 7.70. The Morgan fingerprint density at radius 1 is 1.07 bits per heavy atom. The third-order valence-electron chi connectivity index (χ3n) is 1.60. The molecule has 0 bridgehead atoms. The van der Waals surface area contributed by atoms with Gasteiger partial charge in [0.15, 0.2) is 5.82 Å². The van der Waals surface area contributed by atoms with Gasteiger partial charge in [-0.3, -0.25) is 4.98 Å². The maximum atomic E-state index is 5.52. The molecule has 4 nitrogen and oxygen atoms in total. The molecule has 2 aromatic rings. The van der Waals surface area contributed by atoms with Crippen LogP contribution in [0.15, 0.2) is 36.8 Å². The van der Waals surface area contributed by atoms with Crippen LogP contribution in [0.4, 0.5) is 5.82 Å². The Morgan fingerprint density at radius 3 is 2.47 bits per heavy atom. The Balaban J connectivity index is 0.000000980. The van der Waals surface area contributed by atoms with Gasteiger partial charge >= 0.3 is 0 Å². The van der Waals surface area contributed by atoms with Crippen molar-refractivity contribution >= 4 is 30.6 Å². The highest BCUT2D eigenvalue weighted by Gasteiger charge is 1.99. The van der Waals surface area contributed by atoms with Crippen molar-refractivity contribution in [3.63, 3.8) is 0 Å². The normalized spacial score (nSPS) is 8.53. The van der Waals surface area contributed by atoms with E-state index in [1.54, 1.807) is 24.7 Å². The number of halogens is 2. The number of nitrogens with zero attached hydrogens (tertiary/aromatic N) is 3.